The van der Waals surface area contributed by atoms with Crippen LogP contribution in [0.5, 0.6) is 0 Å². The van der Waals surface area contributed by atoms with E-state index in [0.29, 0.717) is 19.3 Å². The Morgan fingerprint density at radius 3 is 1.92 bits per heavy atom. The van der Waals surface area contributed by atoms with Crippen molar-refractivity contribution in [3.05, 3.63) is 0 Å². The molecule has 0 aliphatic heterocycles. The minimum absolute atomic E-state index is 0.335. The summed E-state index contributed by atoms with van der Waals surface area (Å²) in [5, 5.41) is 35.2. The van der Waals surface area contributed by atoms with E-state index in [1.54, 1.807) is 0 Å². The van der Waals surface area contributed by atoms with Gasteiger partial charge in [0.15, 0.2) is 0 Å². The SMILES string of the molecule is OB(O)OC1CC(O)CC(O)C1. The molecule has 1 aliphatic carbocycles. The molecule has 0 bridgehead atoms. The fourth-order valence-electron chi connectivity index (χ4n) is 1.49. The molecule has 5 nitrogen and oxygen atoms in total. The predicted octanol–water partition coefficient (Wildman–Crippen LogP) is -1.75. The highest BCUT2D eigenvalue weighted by Gasteiger charge is 2.29. The molecule has 0 saturated heterocycles. The van der Waals surface area contributed by atoms with E-state index in [1.807, 2.05) is 0 Å². The first-order chi connectivity index (χ1) is 5.58. The van der Waals surface area contributed by atoms with E-state index in [9.17, 15) is 0 Å². The van der Waals surface area contributed by atoms with Gasteiger partial charge < -0.3 is 24.9 Å². The van der Waals surface area contributed by atoms with Crippen LogP contribution < -0.4 is 0 Å². The van der Waals surface area contributed by atoms with Gasteiger partial charge in [-0.2, -0.15) is 0 Å². The van der Waals surface area contributed by atoms with Crippen LogP contribution in [-0.2, 0) is 4.65 Å². The summed E-state index contributed by atoms with van der Waals surface area (Å²) in [6, 6.07) is 0. The molecule has 0 amide bonds. The van der Waals surface area contributed by atoms with Crippen LogP contribution in [0.4, 0.5) is 0 Å². The lowest BCUT2D eigenvalue weighted by Crippen LogP contribution is -2.37. The molecule has 2 atom stereocenters. The van der Waals surface area contributed by atoms with Crippen molar-refractivity contribution in [2.75, 3.05) is 0 Å². The van der Waals surface area contributed by atoms with Crippen molar-refractivity contribution in [2.45, 2.75) is 37.6 Å². The fourth-order valence-corrected chi connectivity index (χ4v) is 1.49. The average Bonchev–Trinajstić information content (AvgIpc) is 1.81. The van der Waals surface area contributed by atoms with Gasteiger partial charge in [0.1, 0.15) is 0 Å². The lowest BCUT2D eigenvalue weighted by Gasteiger charge is -2.29. The summed E-state index contributed by atoms with van der Waals surface area (Å²) in [5.74, 6) is 0. The topological polar surface area (TPSA) is 90.2 Å². The summed E-state index contributed by atoms with van der Waals surface area (Å²) in [6.45, 7) is 0. The van der Waals surface area contributed by atoms with E-state index >= 15 is 0 Å². The molecule has 0 aromatic carbocycles. The zero-order valence-electron chi connectivity index (χ0n) is 6.63. The number of hydrogen-bond donors (Lipinski definition) is 4. The summed E-state index contributed by atoms with van der Waals surface area (Å²) >= 11 is 0. The van der Waals surface area contributed by atoms with Gasteiger partial charge in [0.2, 0.25) is 0 Å². The highest BCUT2D eigenvalue weighted by molar-refractivity contribution is 6.32. The zero-order valence-corrected chi connectivity index (χ0v) is 6.63. The smallest absolute Gasteiger partial charge is 0.402 e. The van der Waals surface area contributed by atoms with Crippen LogP contribution in [0.15, 0.2) is 0 Å². The van der Waals surface area contributed by atoms with Crippen LogP contribution in [-0.4, -0.2) is 45.9 Å². The molecule has 0 aromatic heterocycles. The third kappa shape index (κ3) is 3.08. The van der Waals surface area contributed by atoms with Gasteiger partial charge in [-0.1, -0.05) is 0 Å². The highest BCUT2D eigenvalue weighted by atomic mass is 16.6. The van der Waals surface area contributed by atoms with Gasteiger partial charge >= 0.3 is 7.32 Å². The monoisotopic (exact) mass is 176 g/mol. The van der Waals surface area contributed by atoms with E-state index < -0.39 is 25.6 Å². The maximum Gasteiger partial charge on any atom is 0.634 e. The van der Waals surface area contributed by atoms with Crippen molar-refractivity contribution in [1.29, 1.82) is 0 Å². The largest absolute Gasteiger partial charge is 0.634 e. The van der Waals surface area contributed by atoms with Crippen LogP contribution in [0.25, 0.3) is 0 Å². The normalized spacial score (nSPS) is 36.5. The third-order valence-electron chi connectivity index (χ3n) is 1.93. The van der Waals surface area contributed by atoms with Gasteiger partial charge in [0, 0.05) is 0 Å². The lowest BCUT2D eigenvalue weighted by molar-refractivity contribution is -0.0290. The molecule has 70 valence electrons. The molecule has 1 aliphatic rings. The minimum atomic E-state index is -1.83. The van der Waals surface area contributed by atoms with Gasteiger partial charge in [-0.05, 0) is 19.3 Å². The van der Waals surface area contributed by atoms with Crippen LogP contribution in [0.3, 0.4) is 0 Å². The van der Waals surface area contributed by atoms with Crippen molar-refractivity contribution < 1.29 is 24.9 Å². The summed E-state index contributed by atoms with van der Waals surface area (Å²) in [4.78, 5) is 0. The Morgan fingerprint density at radius 1 is 1.00 bits per heavy atom. The molecule has 0 heterocycles. The molecule has 0 spiro atoms. The molecule has 1 saturated carbocycles. The van der Waals surface area contributed by atoms with E-state index in [1.165, 1.54) is 0 Å². The molecule has 1 rings (SSSR count). The molecule has 12 heavy (non-hydrogen) atoms. The van der Waals surface area contributed by atoms with Gasteiger partial charge in [0.05, 0.1) is 18.3 Å². The van der Waals surface area contributed by atoms with E-state index in [2.05, 4.69) is 4.65 Å². The Morgan fingerprint density at radius 2 is 1.50 bits per heavy atom. The minimum Gasteiger partial charge on any atom is -0.402 e. The number of hydrogen-bond acceptors (Lipinski definition) is 5. The van der Waals surface area contributed by atoms with Crippen molar-refractivity contribution >= 4 is 7.32 Å². The standard InChI is InChI=1S/C6H13BO5/c8-4-1-5(9)3-6(2-4)12-7(10)11/h4-6,8-11H,1-3H2. The fraction of sp³-hybridized carbons (Fsp3) is 1.00. The third-order valence-corrected chi connectivity index (χ3v) is 1.93. The van der Waals surface area contributed by atoms with Gasteiger partial charge in [-0.3, -0.25) is 0 Å². The second-order valence-corrected chi connectivity index (χ2v) is 3.10. The Hall–Kier alpha value is -0.135. The molecule has 0 aromatic rings. The zero-order chi connectivity index (χ0) is 9.14. The molecule has 4 N–H and O–H groups in total. The van der Waals surface area contributed by atoms with Crippen molar-refractivity contribution in [3.8, 4) is 0 Å². The predicted molar refractivity (Wildman–Crippen MR) is 40.9 cm³/mol. The second kappa shape index (κ2) is 4.20. The van der Waals surface area contributed by atoms with Gasteiger partial charge in [-0.15, -0.1) is 0 Å². The van der Waals surface area contributed by atoms with Crippen molar-refractivity contribution in [2.24, 2.45) is 0 Å². The molecule has 6 heteroatoms. The quantitative estimate of drug-likeness (QED) is 0.374. The highest BCUT2D eigenvalue weighted by Crippen LogP contribution is 2.21. The molecule has 2 unspecified atom stereocenters. The van der Waals surface area contributed by atoms with Crippen LogP contribution in [0.1, 0.15) is 19.3 Å². The van der Waals surface area contributed by atoms with Gasteiger partial charge in [-0.25, -0.2) is 0 Å². The number of aliphatic hydroxyl groups excluding tert-OH is 2. The lowest BCUT2D eigenvalue weighted by atomic mass is 9.92. The first-order valence-electron chi connectivity index (χ1n) is 3.95. The van der Waals surface area contributed by atoms with Crippen LogP contribution >= 0.6 is 0 Å². The maximum atomic E-state index is 9.16. The molecule has 1 fully saturated rings. The number of rotatable bonds is 2. The Kier molecular flexibility index (Phi) is 3.48. The molecular weight excluding hydrogens is 163 g/mol. The maximum absolute atomic E-state index is 9.16. The van der Waals surface area contributed by atoms with Crippen LogP contribution in [0.2, 0.25) is 0 Å². The molecular formula is C6H13BO5. The first kappa shape index (κ1) is 9.95. The Labute approximate surface area is 70.8 Å². The summed E-state index contributed by atoms with van der Waals surface area (Å²) in [6.07, 6.45) is -0.677. The number of aliphatic hydroxyl groups is 2. The van der Waals surface area contributed by atoms with Gasteiger partial charge in [0.25, 0.3) is 0 Å². The molecule has 0 radical (unpaired) electrons. The first-order valence-corrected chi connectivity index (χ1v) is 3.95. The van der Waals surface area contributed by atoms with E-state index in [-0.39, 0.29) is 0 Å². The Balaban J connectivity index is 2.34. The summed E-state index contributed by atoms with van der Waals surface area (Å²) < 4.78 is 4.62. The summed E-state index contributed by atoms with van der Waals surface area (Å²) in [7, 11) is -1.83. The van der Waals surface area contributed by atoms with Crippen molar-refractivity contribution in [3.63, 3.8) is 0 Å². The average molecular weight is 176 g/mol. The van der Waals surface area contributed by atoms with E-state index in [0.717, 1.165) is 0 Å². The second-order valence-electron chi connectivity index (χ2n) is 3.10. The van der Waals surface area contributed by atoms with Crippen molar-refractivity contribution in [1.82, 2.24) is 0 Å². The summed E-state index contributed by atoms with van der Waals surface area (Å²) in [5.41, 5.74) is 0. The Bertz CT molecular complexity index is 129. The van der Waals surface area contributed by atoms with Crippen LogP contribution in [0, 0.1) is 0 Å². The van der Waals surface area contributed by atoms with E-state index in [4.69, 9.17) is 20.3 Å².